The van der Waals surface area contributed by atoms with E-state index in [4.69, 9.17) is 31.0 Å². The molecule has 0 saturated carbocycles. The van der Waals surface area contributed by atoms with Crippen LogP contribution in [0, 0.1) is 0 Å². The van der Waals surface area contributed by atoms with Gasteiger partial charge in [0, 0.05) is 42.5 Å². The van der Waals surface area contributed by atoms with Crippen molar-refractivity contribution >= 4 is 34.0 Å². The first-order valence-corrected chi connectivity index (χ1v) is 11.4. The van der Waals surface area contributed by atoms with Gasteiger partial charge in [0.1, 0.15) is 11.8 Å². The highest BCUT2D eigenvalue weighted by Gasteiger charge is 2.20. The van der Waals surface area contributed by atoms with E-state index in [0.717, 1.165) is 52.4 Å². The van der Waals surface area contributed by atoms with E-state index < -0.39 is 0 Å². The Labute approximate surface area is 200 Å². The number of ether oxygens (including phenoxy) is 2. The predicted molar refractivity (Wildman–Crippen MR) is 130 cm³/mol. The Morgan fingerprint density at radius 3 is 2.68 bits per heavy atom. The lowest BCUT2D eigenvalue weighted by atomic mass is 10.2. The summed E-state index contributed by atoms with van der Waals surface area (Å²) < 4.78 is 13.6. The molecule has 170 valence electrons. The monoisotopic (exact) mass is 472 g/mol. The van der Waals surface area contributed by atoms with Crippen LogP contribution in [0.2, 0.25) is 5.15 Å². The lowest BCUT2D eigenvalue weighted by Gasteiger charge is -2.28. The molecule has 0 atom stereocenters. The summed E-state index contributed by atoms with van der Waals surface area (Å²) in [5.41, 5.74) is 4.21. The quantitative estimate of drug-likeness (QED) is 0.350. The molecule has 1 aliphatic rings. The molecule has 0 unspecified atom stereocenters. The highest BCUT2D eigenvalue weighted by molar-refractivity contribution is 6.29. The van der Waals surface area contributed by atoms with Crippen LogP contribution in [-0.2, 0) is 11.3 Å². The number of morpholine rings is 1. The molecule has 0 radical (unpaired) electrons. The van der Waals surface area contributed by atoms with E-state index >= 15 is 0 Å². The zero-order valence-corrected chi connectivity index (χ0v) is 19.0. The van der Waals surface area contributed by atoms with E-state index in [-0.39, 0.29) is 6.61 Å². The van der Waals surface area contributed by atoms with Crippen molar-refractivity contribution in [2.45, 2.75) is 6.61 Å². The third-order valence-corrected chi connectivity index (χ3v) is 6.02. The molecule has 34 heavy (non-hydrogen) atoms. The summed E-state index contributed by atoms with van der Waals surface area (Å²) in [7, 11) is 0. The summed E-state index contributed by atoms with van der Waals surface area (Å²) in [4.78, 5) is 20.7. The van der Waals surface area contributed by atoms with Crippen LogP contribution in [0.4, 0.5) is 5.82 Å². The van der Waals surface area contributed by atoms with Crippen LogP contribution in [0.5, 0.6) is 5.88 Å². The molecule has 5 aromatic rings. The maximum absolute atomic E-state index is 6.01. The largest absolute Gasteiger partial charge is 0.471 e. The number of halogens is 1. The SMILES string of the molecule is Clc1ccc(-c2cnc(N3CCOCC3)c3nc(COc4ccc5ccccc5n4)cn23)cn1. The van der Waals surface area contributed by atoms with Gasteiger partial charge in [-0.3, -0.25) is 4.40 Å². The van der Waals surface area contributed by atoms with Crippen molar-refractivity contribution in [3.63, 3.8) is 0 Å². The van der Waals surface area contributed by atoms with Crippen LogP contribution in [0.25, 0.3) is 27.8 Å². The smallest absolute Gasteiger partial charge is 0.214 e. The molecule has 9 heteroatoms. The molecular formula is C25H21ClN6O2. The molecule has 4 aromatic heterocycles. The highest BCUT2D eigenvalue weighted by atomic mass is 35.5. The molecule has 1 aliphatic heterocycles. The number of aromatic nitrogens is 5. The normalized spacial score (nSPS) is 14.1. The predicted octanol–water partition coefficient (Wildman–Crippen LogP) is 4.41. The number of hydrogen-bond acceptors (Lipinski definition) is 7. The van der Waals surface area contributed by atoms with Gasteiger partial charge < -0.3 is 14.4 Å². The lowest BCUT2D eigenvalue weighted by molar-refractivity contribution is 0.122. The van der Waals surface area contributed by atoms with Gasteiger partial charge in [-0.25, -0.2) is 19.9 Å². The number of rotatable bonds is 5. The van der Waals surface area contributed by atoms with E-state index in [2.05, 4.69) is 14.9 Å². The Morgan fingerprint density at radius 2 is 1.82 bits per heavy atom. The summed E-state index contributed by atoms with van der Waals surface area (Å²) in [5, 5.41) is 1.52. The van der Waals surface area contributed by atoms with Crippen molar-refractivity contribution in [3.05, 3.63) is 78.0 Å². The maximum Gasteiger partial charge on any atom is 0.214 e. The molecule has 0 aliphatic carbocycles. The Kier molecular flexibility index (Phi) is 5.44. The third-order valence-electron chi connectivity index (χ3n) is 5.80. The number of anilines is 1. The van der Waals surface area contributed by atoms with Crippen molar-refractivity contribution < 1.29 is 9.47 Å². The average molecular weight is 473 g/mol. The molecule has 1 aromatic carbocycles. The Hall–Kier alpha value is -3.75. The second-order valence-electron chi connectivity index (χ2n) is 7.99. The molecule has 6 rings (SSSR count). The van der Waals surface area contributed by atoms with Gasteiger partial charge in [-0.1, -0.05) is 29.8 Å². The fourth-order valence-electron chi connectivity index (χ4n) is 4.10. The molecule has 8 nitrogen and oxygen atoms in total. The number of fused-ring (bicyclic) bond motifs is 2. The molecule has 5 heterocycles. The number of para-hydroxylation sites is 1. The van der Waals surface area contributed by atoms with Crippen LogP contribution in [0.1, 0.15) is 5.69 Å². The number of pyridine rings is 2. The van der Waals surface area contributed by atoms with Gasteiger partial charge in [-0.2, -0.15) is 0 Å². The zero-order valence-electron chi connectivity index (χ0n) is 18.3. The minimum atomic E-state index is 0.286. The number of benzene rings is 1. The van der Waals surface area contributed by atoms with E-state index in [9.17, 15) is 0 Å². The summed E-state index contributed by atoms with van der Waals surface area (Å²) >= 11 is 6.00. The van der Waals surface area contributed by atoms with E-state index in [0.29, 0.717) is 24.2 Å². The van der Waals surface area contributed by atoms with Crippen LogP contribution < -0.4 is 9.64 Å². The summed E-state index contributed by atoms with van der Waals surface area (Å²) in [6.07, 6.45) is 5.56. The fourth-order valence-corrected chi connectivity index (χ4v) is 4.21. The van der Waals surface area contributed by atoms with Crippen LogP contribution in [0.3, 0.4) is 0 Å². The minimum Gasteiger partial charge on any atom is -0.471 e. The van der Waals surface area contributed by atoms with Crippen molar-refractivity contribution in [3.8, 4) is 17.1 Å². The van der Waals surface area contributed by atoms with Crippen molar-refractivity contribution in [2.24, 2.45) is 0 Å². The van der Waals surface area contributed by atoms with E-state index in [1.54, 1.807) is 12.3 Å². The molecule has 0 bridgehead atoms. The van der Waals surface area contributed by atoms with E-state index in [1.165, 1.54) is 0 Å². The maximum atomic E-state index is 6.01. The molecule has 0 N–H and O–H groups in total. The summed E-state index contributed by atoms with van der Waals surface area (Å²) in [6.45, 7) is 3.16. The van der Waals surface area contributed by atoms with Crippen molar-refractivity contribution in [2.75, 3.05) is 31.2 Å². The topological polar surface area (TPSA) is 77.7 Å². The molecule has 0 amide bonds. The first kappa shape index (κ1) is 20.8. The van der Waals surface area contributed by atoms with Crippen LogP contribution in [-0.4, -0.2) is 50.6 Å². The van der Waals surface area contributed by atoms with Gasteiger partial charge >= 0.3 is 0 Å². The minimum absolute atomic E-state index is 0.286. The molecular weight excluding hydrogens is 452 g/mol. The Morgan fingerprint density at radius 1 is 0.941 bits per heavy atom. The van der Waals surface area contributed by atoms with Gasteiger partial charge in [0.25, 0.3) is 0 Å². The van der Waals surface area contributed by atoms with Crippen LogP contribution >= 0.6 is 11.6 Å². The van der Waals surface area contributed by atoms with Gasteiger partial charge in [0.2, 0.25) is 5.88 Å². The first-order valence-electron chi connectivity index (χ1n) is 11.0. The van der Waals surface area contributed by atoms with Gasteiger partial charge in [0.15, 0.2) is 11.5 Å². The van der Waals surface area contributed by atoms with Gasteiger partial charge in [-0.15, -0.1) is 0 Å². The van der Waals surface area contributed by atoms with Crippen molar-refractivity contribution in [1.82, 2.24) is 24.3 Å². The zero-order chi connectivity index (χ0) is 22.9. The van der Waals surface area contributed by atoms with Crippen molar-refractivity contribution in [1.29, 1.82) is 0 Å². The molecule has 1 saturated heterocycles. The summed E-state index contributed by atoms with van der Waals surface area (Å²) in [6, 6.07) is 15.5. The first-order chi connectivity index (χ1) is 16.7. The average Bonchev–Trinajstić information content (AvgIpc) is 3.32. The van der Waals surface area contributed by atoms with Gasteiger partial charge in [-0.05, 0) is 24.3 Å². The number of nitrogens with zero attached hydrogens (tertiary/aromatic N) is 6. The van der Waals surface area contributed by atoms with Crippen LogP contribution in [0.15, 0.2) is 67.1 Å². The Balaban J connectivity index is 1.36. The lowest BCUT2D eigenvalue weighted by Crippen LogP contribution is -2.37. The fraction of sp³-hybridized carbons (Fsp3) is 0.200. The van der Waals surface area contributed by atoms with E-state index in [1.807, 2.05) is 59.3 Å². The highest BCUT2D eigenvalue weighted by Crippen LogP contribution is 2.27. The third kappa shape index (κ3) is 4.02. The molecule has 1 fully saturated rings. The summed E-state index contributed by atoms with van der Waals surface area (Å²) in [5.74, 6) is 1.38. The second-order valence-corrected chi connectivity index (χ2v) is 8.38. The number of hydrogen-bond donors (Lipinski definition) is 0. The Bertz CT molecular complexity index is 1460. The van der Waals surface area contributed by atoms with Gasteiger partial charge in [0.05, 0.1) is 36.3 Å². The standard InChI is InChI=1S/C25H21ClN6O2/c26-22-7-5-18(13-27-22)21-14-28-24(31-9-11-33-12-10-31)25-29-19(15-32(21)25)16-34-23-8-6-17-3-1-2-4-20(17)30-23/h1-8,13-15H,9-12,16H2. The molecule has 0 spiro atoms. The number of imidazole rings is 1. The second kappa shape index (κ2) is 8.89.